The Hall–Kier alpha value is -1.43. The largest absolute Gasteiger partial charge is 0.351 e. The summed E-state index contributed by atoms with van der Waals surface area (Å²) < 4.78 is 0. The van der Waals surface area contributed by atoms with Gasteiger partial charge in [-0.1, -0.05) is 12.8 Å². The lowest BCUT2D eigenvalue weighted by Crippen LogP contribution is -2.57. The van der Waals surface area contributed by atoms with E-state index in [2.05, 4.69) is 10.3 Å². The number of hydrogen-bond acceptors (Lipinski definition) is 4. The first-order valence-electron chi connectivity index (χ1n) is 8.51. The van der Waals surface area contributed by atoms with Crippen molar-refractivity contribution in [3.05, 3.63) is 16.1 Å². The Bertz CT molecular complexity index is 594. The molecule has 1 N–H and O–H groups in total. The summed E-state index contributed by atoms with van der Waals surface area (Å²) in [5, 5.41) is 6.07. The second-order valence-corrected chi connectivity index (χ2v) is 7.97. The van der Waals surface area contributed by atoms with E-state index < -0.39 is 5.54 Å². The molecule has 1 aromatic rings. The van der Waals surface area contributed by atoms with E-state index in [0.29, 0.717) is 6.54 Å². The molecule has 1 atom stereocenters. The van der Waals surface area contributed by atoms with Gasteiger partial charge < -0.3 is 10.2 Å². The van der Waals surface area contributed by atoms with Crippen LogP contribution < -0.4 is 5.32 Å². The molecule has 1 saturated carbocycles. The number of thiazole rings is 1. The maximum Gasteiger partial charge on any atom is 0.245 e. The topological polar surface area (TPSA) is 62.3 Å². The second kappa shape index (κ2) is 6.59. The van der Waals surface area contributed by atoms with Gasteiger partial charge in [-0.05, 0) is 39.5 Å². The molecule has 2 amide bonds. The highest BCUT2D eigenvalue weighted by molar-refractivity contribution is 7.09. The molecule has 2 fully saturated rings. The number of rotatable bonds is 4. The third kappa shape index (κ3) is 3.42. The van der Waals surface area contributed by atoms with Crippen molar-refractivity contribution in [3.63, 3.8) is 0 Å². The van der Waals surface area contributed by atoms with E-state index in [1.807, 2.05) is 19.2 Å². The average Bonchev–Trinajstić information content (AvgIpc) is 3.21. The Balaban J connectivity index is 1.67. The highest BCUT2D eigenvalue weighted by Gasteiger charge is 2.46. The molecule has 2 aliphatic rings. The molecule has 6 heteroatoms. The Morgan fingerprint density at radius 3 is 2.78 bits per heavy atom. The summed E-state index contributed by atoms with van der Waals surface area (Å²) in [6, 6.07) is 0.290. The zero-order valence-electron chi connectivity index (χ0n) is 13.9. The molecule has 0 unspecified atom stereocenters. The van der Waals surface area contributed by atoms with Crippen LogP contribution in [-0.4, -0.2) is 39.8 Å². The highest BCUT2D eigenvalue weighted by Crippen LogP contribution is 2.31. The van der Waals surface area contributed by atoms with Crippen LogP contribution in [0.4, 0.5) is 0 Å². The molecule has 0 radical (unpaired) electrons. The van der Waals surface area contributed by atoms with E-state index in [4.69, 9.17) is 0 Å². The summed E-state index contributed by atoms with van der Waals surface area (Å²) in [7, 11) is 0. The number of carbonyl (C=O) groups excluding carboxylic acids is 2. The van der Waals surface area contributed by atoms with E-state index in [1.54, 1.807) is 16.2 Å². The van der Waals surface area contributed by atoms with Crippen molar-refractivity contribution in [2.75, 3.05) is 6.54 Å². The van der Waals surface area contributed by atoms with Crippen molar-refractivity contribution in [1.82, 2.24) is 15.2 Å². The van der Waals surface area contributed by atoms with Crippen LogP contribution >= 0.6 is 11.3 Å². The van der Waals surface area contributed by atoms with E-state index in [-0.39, 0.29) is 24.3 Å². The van der Waals surface area contributed by atoms with Crippen molar-refractivity contribution in [2.45, 2.75) is 70.4 Å². The Kier molecular flexibility index (Phi) is 4.71. The Labute approximate surface area is 141 Å². The van der Waals surface area contributed by atoms with Gasteiger partial charge in [0.2, 0.25) is 11.8 Å². The van der Waals surface area contributed by atoms with Gasteiger partial charge in [-0.2, -0.15) is 0 Å². The number of nitrogens with zero attached hydrogens (tertiary/aromatic N) is 2. The van der Waals surface area contributed by atoms with E-state index in [1.165, 1.54) is 12.8 Å². The van der Waals surface area contributed by atoms with Crippen LogP contribution in [0.3, 0.4) is 0 Å². The van der Waals surface area contributed by atoms with Crippen LogP contribution in [0.2, 0.25) is 0 Å². The predicted octanol–water partition coefficient (Wildman–Crippen LogP) is 2.43. The number of aryl methyl sites for hydroxylation is 1. The third-order valence-corrected chi connectivity index (χ3v) is 5.94. The average molecular weight is 335 g/mol. The standard InChI is InChI=1S/C17H25N3O2S/c1-12-18-14(11-23-12)10-15(21)20-9-5-8-17(20,2)16(22)19-13-6-3-4-7-13/h11,13H,3-10H2,1-2H3,(H,19,22)/t17-/m1/s1. The molecule has 5 nitrogen and oxygen atoms in total. The molecule has 1 aliphatic heterocycles. The minimum atomic E-state index is -0.704. The smallest absolute Gasteiger partial charge is 0.245 e. The fraction of sp³-hybridized carbons (Fsp3) is 0.706. The summed E-state index contributed by atoms with van der Waals surface area (Å²) in [5.74, 6) is 0.0292. The minimum Gasteiger partial charge on any atom is -0.351 e. The summed E-state index contributed by atoms with van der Waals surface area (Å²) >= 11 is 1.56. The number of likely N-dealkylation sites (tertiary alicyclic amines) is 1. The van der Waals surface area contributed by atoms with Gasteiger partial charge in [-0.15, -0.1) is 11.3 Å². The summed E-state index contributed by atoms with van der Waals surface area (Å²) in [4.78, 5) is 31.6. The quantitative estimate of drug-likeness (QED) is 0.919. The summed E-state index contributed by atoms with van der Waals surface area (Å²) in [6.07, 6.45) is 6.42. The molecule has 1 aromatic heterocycles. The fourth-order valence-corrected chi connectivity index (χ4v) is 4.36. The van der Waals surface area contributed by atoms with Crippen LogP contribution in [0.5, 0.6) is 0 Å². The van der Waals surface area contributed by atoms with Crippen LogP contribution in [0.25, 0.3) is 0 Å². The molecule has 0 spiro atoms. The molecule has 126 valence electrons. The van der Waals surface area contributed by atoms with Crippen molar-refractivity contribution in [3.8, 4) is 0 Å². The van der Waals surface area contributed by atoms with Gasteiger partial charge >= 0.3 is 0 Å². The van der Waals surface area contributed by atoms with Crippen LogP contribution in [0.1, 0.15) is 56.2 Å². The van der Waals surface area contributed by atoms with Crippen LogP contribution in [0, 0.1) is 6.92 Å². The van der Waals surface area contributed by atoms with Gasteiger partial charge in [-0.3, -0.25) is 9.59 Å². The lowest BCUT2D eigenvalue weighted by atomic mass is 9.96. The molecular formula is C17H25N3O2S. The first-order chi connectivity index (χ1) is 11.0. The summed E-state index contributed by atoms with van der Waals surface area (Å²) in [6.45, 7) is 4.51. The third-order valence-electron chi connectivity index (χ3n) is 5.12. The molecule has 0 aromatic carbocycles. The molecule has 23 heavy (non-hydrogen) atoms. The number of hydrogen-bond donors (Lipinski definition) is 1. The zero-order valence-corrected chi connectivity index (χ0v) is 14.7. The van der Waals surface area contributed by atoms with Gasteiger partial charge in [0.1, 0.15) is 5.54 Å². The SMILES string of the molecule is Cc1nc(CC(=O)N2CCC[C@]2(C)C(=O)NC2CCCC2)cs1. The van der Waals surface area contributed by atoms with E-state index in [9.17, 15) is 9.59 Å². The number of amides is 2. The minimum absolute atomic E-state index is 0.0110. The maximum atomic E-state index is 12.8. The van der Waals surface area contributed by atoms with Gasteiger partial charge in [0.15, 0.2) is 0 Å². The monoisotopic (exact) mass is 335 g/mol. The van der Waals surface area contributed by atoms with Crippen LogP contribution in [0.15, 0.2) is 5.38 Å². The van der Waals surface area contributed by atoms with E-state index in [0.717, 1.165) is 36.4 Å². The first kappa shape index (κ1) is 16.4. The highest BCUT2D eigenvalue weighted by atomic mass is 32.1. The Morgan fingerprint density at radius 2 is 2.13 bits per heavy atom. The maximum absolute atomic E-state index is 12.8. The number of carbonyl (C=O) groups is 2. The lowest BCUT2D eigenvalue weighted by molar-refractivity contribution is -0.144. The Morgan fingerprint density at radius 1 is 1.39 bits per heavy atom. The van der Waals surface area contributed by atoms with Gasteiger partial charge in [0.05, 0.1) is 17.1 Å². The summed E-state index contributed by atoms with van der Waals surface area (Å²) in [5.41, 5.74) is 0.105. The van der Waals surface area contributed by atoms with Crippen molar-refractivity contribution >= 4 is 23.2 Å². The van der Waals surface area contributed by atoms with Gasteiger partial charge in [-0.25, -0.2) is 4.98 Å². The number of aromatic nitrogens is 1. The number of nitrogens with one attached hydrogen (secondary N) is 1. The van der Waals surface area contributed by atoms with E-state index >= 15 is 0 Å². The molecule has 3 rings (SSSR count). The predicted molar refractivity (Wildman–Crippen MR) is 90.3 cm³/mol. The van der Waals surface area contributed by atoms with Crippen LogP contribution in [-0.2, 0) is 16.0 Å². The molecule has 1 aliphatic carbocycles. The molecule has 1 saturated heterocycles. The van der Waals surface area contributed by atoms with Crippen molar-refractivity contribution in [2.24, 2.45) is 0 Å². The zero-order chi connectivity index (χ0) is 16.4. The van der Waals surface area contributed by atoms with Gasteiger partial charge in [0, 0.05) is 18.0 Å². The van der Waals surface area contributed by atoms with Crippen molar-refractivity contribution < 1.29 is 9.59 Å². The molecular weight excluding hydrogens is 310 g/mol. The molecule has 0 bridgehead atoms. The van der Waals surface area contributed by atoms with Gasteiger partial charge in [0.25, 0.3) is 0 Å². The second-order valence-electron chi connectivity index (χ2n) is 6.91. The molecule has 2 heterocycles. The first-order valence-corrected chi connectivity index (χ1v) is 9.39. The normalized spacial score (nSPS) is 25.0. The lowest BCUT2D eigenvalue weighted by Gasteiger charge is -2.35. The van der Waals surface area contributed by atoms with Crippen molar-refractivity contribution in [1.29, 1.82) is 0 Å². The fourth-order valence-electron chi connectivity index (χ4n) is 3.75.